The number of nitrogens with zero attached hydrogens (tertiary/aromatic N) is 1. The zero-order chi connectivity index (χ0) is 9.40. The molecule has 0 aromatic carbocycles. The Morgan fingerprint density at radius 1 is 1.42 bits per heavy atom. The molecule has 0 aromatic rings. The van der Waals surface area contributed by atoms with Crippen LogP contribution >= 0.6 is 0 Å². The molecular weight excluding hydrogens is 148 g/mol. The van der Waals surface area contributed by atoms with Gasteiger partial charge in [0.1, 0.15) is 0 Å². The summed E-state index contributed by atoms with van der Waals surface area (Å²) in [6.07, 6.45) is 3.13. The summed E-state index contributed by atoms with van der Waals surface area (Å²) in [5.41, 5.74) is 0. The summed E-state index contributed by atoms with van der Waals surface area (Å²) in [4.78, 5) is 0. The average Bonchev–Trinajstić information content (AvgIpc) is 2.02. The molecule has 0 heterocycles. The van der Waals surface area contributed by atoms with Crippen LogP contribution in [0.2, 0.25) is 0 Å². The molecule has 0 saturated carbocycles. The molecule has 0 spiro atoms. The van der Waals surface area contributed by atoms with E-state index in [4.69, 9.17) is 5.26 Å². The first-order valence-electron chi connectivity index (χ1n) is 4.81. The van der Waals surface area contributed by atoms with Crippen molar-refractivity contribution in [2.24, 2.45) is 5.92 Å². The van der Waals surface area contributed by atoms with Gasteiger partial charge in [-0.1, -0.05) is 20.3 Å². The van der Waals surface area contributed by atoms with Crippen LogP contribution in [-0.2, 0) is 0 Å². The fraction of sp³-hybridized carbons (Fsp3) is 0.900. The van der Waals surface area contributed by atoms with E-state index >= 15 is 0 Å². The van der Waals surface area contributed by atoms with E-state index in [0.717, 1.165) is 12.5 Å². The molecule has 0 aliphatic rings. The van der Waals surface area contributed by atoms with Crippen LogP contribution in [0.15, 0.2) is 0 Å². The molecule has 0 fully saturated rings. The zero-order valence-electron chi connectivity index (χ0n) is 8.43. The SMILES string of the molecule is CCCC(C)CNC(C)CC#N. The van der Waals surface area contributed by atoms with E-state index in [-0.39, 0.29) is 0 Å². The van der Waals surface area contributed by atoms with Crippen molar-refractivity contribution >= 4 is 0 Å². The van der Waals surface area contributed by atoms with Gasteiger partial charge in [-0.2, -0.15) is 5.26 Å². The summed E-state index contributed by atoms with van der Waals surface area (Å²) in [6.45, 7) is 7.55. The van der Waals surface area contributed by atoms with E-state index in [0.29, 0.717) is 12.5 Å². The first-order chi connectivity index (χ1) is 5.70. The van der Waals surface area contributed by atoms with Gasteiger partial charge in [-0.25, -0.2) is 0 Å². The van der Waals surface area contributed by atoms with Gasteiger partial charge in [-0.15, -0.1) is 0 Å². The largest absolute Gasteiger partial charge is 0.313 e. The third kappa shape index (κ3) is 6.18. The van der Waals surface area contributed by atoms with E-state index in [1.165, 1.54) is 12.8 Å². The van der Waals surface area contributed by atoms with Crippen LogP contribution in [-0.4, -0.2) is 12.6 Å². The molecule has 0 bridgehead atoms. The van der Waals surface area contributed by atoms with Crippen LogP contribution in [0.3, 0.4) is 0 Å². The Balaban J connectivity index is 3.34. The Hall–Kier alpha value is -0.550. The molecule has 0 amide bonds. The van der Waals surface area contributed by atoms with Crippen LogP contribution in [0.4, 0.5) is 0 Å². The molecule has 0 aromatic heterocycles. The van der Waals surface area contributed by atoms with Crippen molar-refractivity contribution in [1.29, 1.82) is 5.26 Å². The van der Waals surface area contributed by atoms with E-state index < -0.39 is 0 Å². The Kier molecular flexibility index (Phi) is 6.79. The van der Waals surface area contributed by atoms with Crippen molar-refractivity contribution in [2.45, 2.75) is 46.1 Å². The highest BCUT2D eigenvalue weighted by atomic mass is 14.9. The summed E-state index contributed by atoms with van der Waals surface area (Å²) >= 11 is 0. The van der Waals surface area contributed by atoms with Crippen LogP contribution in [0.25, 0.3) is 0 Å². The predicted octanol–water partition coefficient (Wildman–Crippen LogP) is 2.31. The van der Waals surface area contributed by atoms with Gasteiger partial charge in [0.25, 0.3) is 0 Å². The van der Waals surface area contributed by atoms with Crippen molar-refractivity contribution in [3.05, 3.63) is 0 Å². The minimum absolute atomic E-state index is 0.342. The fourth-order valence-corrected chi connectivity index (χ4v) is 1.21. The van der Waals surface area contributed by atoms with E-state index in [2.05, 4.69) is 32.2 Å². The van der Waals surface area contributed by atoms with Gasteiger partial charge in [0.15, 0.2) is 0 Å². The van der Waals surface area contributed by atoms with Crippen molar-refractivity contribution in [3.63, 3.8) is 0 Å². The van der Waals surface area contributed by atoms with Gasteiger partial charge in [0, 0.05) is 6.04 Å². The third-order valence-corrected chi connectivity index (χ3v) is 1.99. The highest BCUT2D eigenvalue weighted by Gasteiger charge is 2.03. The van der Waals surface area contributed by atoms with Crippen molar-refractivity contribution in [3.8, 4) is 6.07 Å². The molecule has 0 saturated heterocycles. The summed E-state index contributed by atoms with van der Waals surface area (Å²) in [5, 5.41) is 11.8. The number of nitrogens with one attached hydrogen (secondary N) is 1. The molecule has 2 unspecified atom stereocenters. The monoisotopic (exact) mass is 168 g/mol. The number of nitriles is 1. The summed E-state index contributed by atoms with van der Waals surface area (Å²) in [6, 6.07) is 2.50. The minimum atomic E-state index is 0.342. The van der Waals surface area contributed by atoms with Crippen molar-refractivity contribution in [2.75, 3.05) is 6.54 Å². The Labute approximate surface area is 76.0 Å². The fourth-order valence-electron chi connectivity index (χ4n) is 1.21. The average molecular weight is 168 g/mol. The first-order valence-corrected chi connectivity index (χ1v) is 4.81. The Morgan fingerprint density at radius 3 is 2.58 bits per heavy atom. The van der Waals surface area contributed by atoms with Gasteiger partial charge in [-0.05, 0) is 25.8 Å². The lowest BCUT2D eigenvalue weighted by Crippen LogP contribution is -2.29. The second kappa shape index (κ2) is 7.12. The molecule has 0 rings (SSSR count). The van der Waals surface area contributed by atoms with Gasteiger partial charge < -0.3 is 5.32 Å². The molecule has 0 aliphatic carbocycles. The smallest absolute Gasteiger partial charge is 0.0638 e. The molecule has 0 radical (unpaired) electrons. The molecule has 2 nitrogen and oxygen atoms in total. The van der Waals surface area contributed by atoms with Crippen molar-refractivity contribution in [1.82, 2.24) is 5.32 Å². The number of hydrogen-bond donors (Lipinski definition) is 1. The van der Waals surface area contributed by atoms with Crippen molar-refractivity contribution < 1.29 is 0 Å². The Morgan fingerprint density at radius 2 is 2.08 bits per heavy atom. The zero-order valence-corrected chi connectivity index (χ0v) is 8.43. The van der Waals surface area contributed by atoms with Crippen LogP contribution in [0.1, 0.15) is 40.0 Å². The predicted molar refractivity (Wildman–Crippen MR) is 51.8 cm³/mol. The highest BCUT2D eigenvalue weighted by molar-refractivity contribution is 4.77. The first kappa shape index (κ1) is 11.4. The minimum Gasteiger partial charge on any atom is -0.313 e. The third-order valence-electron chi connectivity index (χ3n) is 1.99. The topological polar surface area (TPSA) is 35.8 Å². The van der Waals surface area contributed by atoms with Crippen LogP contribution < -0.4 is 5.32 Å². The van der Waals surface area contributed by atoms with E-state index in [9.17, 15) is 0 Å². The maximum absolute atomic E-state index is 8.42. The number of hydrogen-bond acceptors (Lipinski definition) is 2. The maximum Gasteiger partial charge on any atom is 0.0638 e. The number of rotatable bonds is 6. The molecular formula is C10H20N2. The normalized spacial score (nSPS) is 15.2. The molecule has 1 N–H and O–H groups in total. The lowest BCUT2D eigenvalue weighted by Gasteiger charge is -2.14. The summed E-state index contributed by atoms with van der Waals surface area (Å²) in [5.74, 6) is 0.733. The lowest BCUT2D eigenvalue weighted by molar-refractivity contribution is 0.440. The molecule has 0 aliphatic heterocycles. The molecule has 70 valence electrons. The van der Waals surface area contributed by atoms with Crippen LogP contribution in [0.5, 0.6) is 0 Å². The van der Waals surface area contributed by atoms with Gasteiger partial charge in [0.2, 0.25) is 0 Å². The van der Waals surface area contributed by atoms with Gasteiger partial charge >= 0.3 is 0 Å². The second-order valence-electron chi connectivity index (χ2n) is 3.57. The van der Waals surface area contributed by atoms with Crippen LogP contribution in [0, 0.1) is 17.2 Å². The Bertz CT molecular complexity index is 137. The van der Waals surface area contributed by atoms with E-state index in [1.807, 2.05) is 0 Å². The second-order valence-corrected chi connectivity index (χ2v) is 3.57. The summed E-state index contributed by atoms with van der Waals surface area (Å²) in [7, 11) is 0. The molecule has 2 atom stereocenters. The van der Waals surface area contributed by atoms with Gasteiger partial charge in [0.05, 0.1) is 12.5 Å². The molecule has 12 heavy (non-hydrogen) atoms. The van der Waals surface area contributed by atoms with Gasteiger partial charge in [-0.3, -0.25) is 0 Å². The maximum atomic E-state index is 8.42. The lowest BCUT2D eigenvalue weighted by atomic mass is 10.1. The summed E-state index contributed by atoms with van der Waals surface area (Å²) < 4.78 is 0. The van der Waals surface area contributed by atoms with E-state index in [1.54, 1.807) is 0 Å². The standard InChI is InChI=1S/C10H20N2/c1-4-5-9(2)8-12-10(3)6-7-11/h9-10,12H,4-6,8H2,1-3H3. The highest BCUT2D eigenvalue weighted by Crippen LogP contribution is 2.03. The quantitative estimate of drug-likeness (QED) is 0.660. The molecule has 2 heteroatoms.